The molecule has 9 heavy (non-hydrogen) atoms. The summed E-state index contributed by atoms with van der Waals surface area (Å²) in [5.74, 6) is 0.141. The number of carbonyl (C=O) groups excluding carboxylic acids is 1. The molecule has 0 N–H and O–H groups in total. The second-order valence-electron chi connectivity index (χ2n) is 3.11. The molecule has 0 saturated heterocycles. The third-order valence-corrected chi connectivity index (χ3v) is 2.68. The van der Waals surface area contributed by atoms with Gasteiger partial charge in [0.15, 0.2) is 0 Å². The fourth-order valence-corrected chi connectivity index (χ4v) is 1.59. The number of nitroso groups, excluding NO2 is 1. The van der Waals surface area contributed by atoms with Crippen molar-refractivity contribution in [2.24, 2.45) is 10.6 Å². The Hall–Kier alpha value is -0.730. The standard InChI is InChI=1S/C6H7NO2/c1-4(8)5-2-6(5,3-5)7-9/h2-3H2,1H3. The molecular weight excluding hydrogens is 118 g/mol. The minimum absolute atomic E-state index is 0.141. The van der Waals surface area contributed by atoms with Crippen molar-refractivity contribution in [3.05, 3.63) is 4.91 Å². The molecule has 0 bridgehead atoms. The van der Waals surface area contributed by atoms with Gasteiger partial charge in [-0.1, -0.05) is 5.18 Å². The van der Waals surface area contributed by atoms with Crippen LogP contribution in [-0.4, -0.2) is 11.3 Å². The molecule has 48 valence electrons. The van der Waals surface area contributed by atoms with Gasteiger partial charge in [-0.3, -0.25) is 4.79 Å². The number of hydrogen-bond donors (Lipinski definition) is 0. The van der Waals surface area contributed by atoms with Gasteiger partial charge in [0, 0.05) is 0 Å². The topological polar surface area (TPSA) is 46.5 Å². The first-order valence-electron chi connectivity index (χ1n) is 3.02. The van der Waals surface area contributed by atoms with Gasteiger partial charge in [-0.05, 0) is 19.8 Å². The van der Waals surface area contributed by atoms with Crippen molar-refractivity contribution in [2.75, 3.05) is 0 Å². The zero-order chi connectivity index (χ0) is 6.70. The Kier molecular flexibility index (Phi) is 0.542. The van der Waals surface area contributed by atoms with Crippen LogP contribution in [0.15, 0.2) is 5.18 Å². The van der Waals surface area contributed by atoms with Crippen molar-refractivity contribution >= 4 is 5.78 Å². The highest BCUT2D eigenvalue weighted by Crippen LogP contribution is 2.81. The molecular formula is C6H7NO2. The number of Topliss-reactive ketones (excluding diaryl/α,β-unsaturated/α-hetero) is 1. The molecule has 0 aliphatic heterocycles. The van der Waals surface area contributed by atoms with Crippen LogP contribution >= 0.6 is 0 Å². The Bertz CT molecular complexity index is 203. The van der Waals surface area contributed by atoms with Crippen LogP contribution in [0.2, 0.25) is 0 Å². The van der Waals surface area contributed by atoms with Crippen molar-refractivity contribution < 1.29 is 4.79 Å². The van der Waals surface area contributed by atoms with E-state index < -0.39 is 5.54 Å². The van der Waals surface area contributed by atoms with Gasteiger partial charge in [0.1, 0.15) is 11.3 Å². The molecule has 0 atom stereocenters. The molecule has 0 aromatic carbocycles. The van der Waals surface area contributed by atoms with Crippen LogP contribution in [0, 0.1) is 10.3 Å². The molecule has 3 nitrogen and oxygen atoms in total. The van der Waals surface area contributed by atoms with Crippen molar-refractivity contribution in [3.63, 3.8) is 0 Å². The van der Waals surface area contributed by atoms with Gasteiger partial charge in [-0.15, -0.1) is 0 Å². The van der Waals surface area contributed by atoms with Gasteiger partial charge < -0.3 is 0 Å². The molecule has 0 heterocycles. The smallest absolute Gasteiger partial charge is 0.138 e. The molecule has 3 heteroatoms. The van der Waals surface area contributed by atoms with Crippen LogP contribution < -0.4 is 0 Å². The first-order valence-corrected chi connectivity index (χ1v) is 3.02. The summed E-state index contributed by atoms with van der Waals surface area (Å²) in [7, 11) is 0. The van der Waals surface area contributed by atoms with Gasteiger partial charge in [0.05, 0.1) is 5.41 Å². The van der Waals surface area contributed by atoms with Crippen molar-refractivity contribution in [2.45, 2.75) is 25.3 Å². The molecule has 0 aromatic heterocycles. The largest absolute Gasteiger partial charge is 0.299 e. The third kappa shape index (κ3) is 0.316. The number of nitrogens with zero attached hydrogens (tertiary/aromatic N) is 1. The van der Waals surface area contributed by atoms with Crippen LogP contribution in [0.1, 0.15) is 19.8 Å². The molecule has 0 aromatic rings. The van der Waals surface area contributed by atoms with Gasteiger partial charge in [0.25, 0.3) is 0 Å². The summed E-state index contributed by atoms with van der Waals surface area (Å²) in [6, 6.07) is 0. The second kappa shape index (κ2) is 0.958. The average molecular weight is 125 g/mol. The Morgan fingerprint density at radius 2 is 2.11 bits per heavy atom. The lowest BCUT2D eigenvalue weighted by molar-refractivity contribution is -0.120. The van der Waals surface area contributed by atoms with E-state index in [1.165, 1.54) is 0 Å². The molecule has 2 saturated carbocycles. The van der Waals surface area contributed by atoms with Crippen LogP contribution in [0.4, 0.5) is 0 Å². The summed E-state index contributed by atoms with van der Waals surface area (Å²) in [5.41, 5.74) is -0.659. The highest BCUT2D eigenvalue weighted by atomic mass is 16.3. The Morgan fingerprint density at radius 1 is 1.56 bits per heavy atom. The Labute approximate surface area is 52.4 Å². The monoisotopic (exact) mass is 125 g/mol. The normalized spacial score (nSPS) is 51.7. The lowest BCUT2D eigenvalue weighted by Crippen LogP contribution is -1.99. The second-order valence-corrected chi connectivity index (χ2v) is 3.11. The fraction of sp³-hybridized carbons (Fsp3) is 0.833. The fourth-order valence-electron chi connectivity index (χ4n) is 1.59. The minimum Gasteiger partial charge on any atom is -0.299 e. The Morgan fingerprint density at radius 3 is 2.22 bits per heavy atom. The number of rotatable bonds is 2. The lowest BCUT2D eigenvalue weighted by Gasteiger charge is -1.88. The molecule has 2 rings (SSSR count). The van der Waals surface area contributed by atoms with Crippen LogP contribution in [0.5, 0.6) is 0 Å². The van der Waals surface area contributed by atoms with E-state index in [9.17, 15) is 9.70 Å². The molecule has 2 fully saturated rings. The first-order chi connectivity index (χ1) is 4.17. The van der Waals surface area contributed by atoms with Crippen molar-refractivity contribution in [1.82, 2.24) is 0 Å². The number of hydrogen-bond acceptors (Lipinski definition) is 3. The maximum atomic E-state index is 10.7. The average Bonchev–Trinajstić information content (AvgIpc) is 2.45. The van der Waals surface area contributed by atoms with Gasteiger partial charge in [-0.2, -0.15) is 4.91 Å². The quantitative estimate of drug-likeness (QED) is 0.514. The lowest BCUT2D eigenvalue weighted by atomic mass is 10.1. The predicted molar refractivity (Wildman–Crippen MR) is 30.9 cm³/mol. The highest BCUT2D eigenvalue weighted by molar-refractivity contribution is 5.93. The molecule has 0 unspecified atom stereocenters. The third-order valence-electron chi connectivity index (χ3n) is 2.68. The number of ketones is 1. The van der Waals surface area contributed by atoms with Gasteiger partial charge in [0.2, 0.25) is 0 Å². The minimum atomic E-state index is -0.404. The molecule has 0 radical (unpaired) electrons. The van der Waals surface area contributed by atoms with E-state index in [4.69, 9.17) is 0 Å². The summed E-state index contributed by atoms with van der Waals surface area (Å²) >= 11 is 0. The molecule has 2 aliphatic rings. The molecule has 2 aliphatic carbocycles. The zero-order valence-corrected chi connectivity index (χ0v) is 5.18. The molecule has 0 spiro atoms. The van der Waals surface area contributed by atoms with E-state index in [1.54, 1.807) is 6.92 Å². The predicted octanol–water partition coefficient (Wildman–Crippen LogP) is 0.874. The van der Waals surface area contributed by atoms with E-state index in [1.807, 2.05) is 0 Å². The summed E-state index contributed by atoms with van der Waals surface area (Å²) < 4.78 is 0. The number of fused-ring (bicyclic) bond motifs is 1. The van der Waals surface area contributed by atoms with E-state index in [0.29, 0.717) is 0 Å². The van der Waals surface area contributed by atoms with Crippen LogP contribution in [0.25, 0.3) is 0 Å². The summed E-state index contributed by atoms with van der Waals surface area (Å²) in [6.07, 6.45) is 1.44. The highest BCUT2D eigenvalue weighted by Gasteiger charge is 2.88. The van der Waals surface area contributed by atoms with Gasteiger partial charge in [-0.25, -0.2) is 0 Å². The Balaban J connectivity index is 2.23. The number of carbonyl (C=O) groups is 1. The van der Waals surface area contributed by atoms with Gasteiger partial charge >= 0.3 is 0 Å². The van der Waals surface area contributed by atoms with E-state index in [0.717, 1.165) is 12.8 Å². The summed E-state index contributed by atoms with van der Waals surface area (Å²) in [4.78, 5) is 20.8. The van der Waals surface area contributed by atoms with Crippen molar-refractivity contribution in [1.29, 1.82) is 0 Å². The van der Waals surface area contributed by atoms with E-state index in [-0.39, 0.29) is 11.2 Å². The van der Waals surface area contributed by atoms with E-state index in [2.05, 4.69) is 5.18 Å². The van der Waals surface area contributed by atoms with E-state index >= 15 is 0 Å². The zero-order valence-electron chi connectivity index (χ0n) is 5.18. The first kappa shape index (κ1) is 5.09. The van der Waals surface area contributed by atoms with Crippen molar-refractivity contribution in [3.8, 4) is 0 Å². The molecule has 0 amide bonds. The summed E-state index contributed by atoms with van der Waals surface area (Å²) in [6.45, 7) is 1.54. The van der Waals surface area contributed by atoms with Crippen LogP contribution in [0.3, 0.4) is 0 Å². The maximum Gasteiger partial charge on any atom is 0.138 e. The maximum absolute atomic E-state index is 10.7. The SMILES string of the molecule is CC(=O)C12CC1(N=O)C2. The van der Waals surface area contributed by atoms with Crippen LogP contribution in [-0.2, 0) is 4.79 Å². The summed E-state index contributed by atoms with van der Waals surface area (Å²) in [5, 5.41) is 2.93.